The van der Waals surface area contributed by atoms with Crippen molar-refractivity contribution < 1.29 is 0 Å². The van der Waals surface area contributed by atoms with Crippen LogP contribution in [-0.2, 0) is 6.42 Å². The normalized spacial score (nSPS) is 12.6. The van der Waals surface area contributed by atoms with Crippen molar-refractivity contribution >= 4 is 59.1 Å². The molecule has 1 atom stereocenters. The zero-order valence-electron chi connectivity index (χ0n) is 10.4. The Morgan fingerprint density at radius 3 is 2.58 bits per heavy atom. The maximum absolute atomic E-state index is 3.61. The molecule has 0 spiro atoms. The van der Waals surface area contributed by atoms with Crippen LogP contribution in [0.5, 0.6) is 0 Å². The van der Waals surface area contributed by atoms with Gasteiger partial charge in [0.25, 0.3) is 0 Å². The van der Waals surface area contributed by atoms with Crippen LogP contribution in [0, 0.1) is 0 Å². The van der Waals surface area contributed by atoms with Gasteiger partial charge < -0.3 is 5.32 Å². The van der Waals surface area contributed by atoms with Gasteiger partial charge in [-0.2, -0.15) is 0 Å². The SMILES string of the molecule is CC(NCCc1ccc(Br)s1)c1ccc(Br)cc1Br. The smallest absolute Gasteiger partial charge is 0.0701 e. The molecule has 19 heavy (non-hydrogen) atoms. The molecule has 1 N–H and O–H groups in total. The minimum atomic E-state index is 0.339. The number of halogens is 3. The maximum Gasteiger partial charge on any atom is 0.0701 e. The van der Waals surface area contributed by atoms with Gasteiger partial charge >= 0.3 is 0 Å². The van der Waals surface area contributed by atoms with Crippen LogP contribution in [0.2, 0.25) is 0 Å². The van der Waals surface area contributed by atoms with Gasteiger partial charge in [0.15, 0.2) is 0 Å². The first-order valence-electron chi connectivity index (χ1n) is 5.99. The Morgan fingerprint density at radius 2 is 1.95 bits per heavy atom. The average Bonchev–Trinajstić information content (AvgIpc) is 2.75. The molecule has 0 amide bonds. The lowest BCUT2D eigenvalue weighted by atomic mass is 10.1. The van der Waals surface area contributed by atoms with E-state index < -0.39 is 0 Å². The van der Waals surface area contributed by atoms with E-state index >= 15 is 0 Å². The number of thiophene rings is 1. The molecule has 2 aromatic rings. The van der Waals surface area contributed by atoms with Gasteiger partial charge in [-0.05, 0) is 59.1 Å². The molecule has 0 fully saturated rings. The van der Waals surface area contributed by atoms with E-state index in [-0.39, 0.29) is 0 Å². The van der Waals surface area contributed by atoms with Crippen molar-refractivity contribution in [2.75, 3.05) is 6.54 Å². The van der Waals surface area contributed by atoms with Crippen LogP contribution in [-0.4, -0.2) is 6.54 Å². The van der Waals surface area contributed by atoms with E-state index in [0.29, 0.717) is 6.04 Å². The second kappa shape index (κ2) is 7.36. The molecule has 2 rings (SSSR count). The van der Waals surface area contributed by atoms with Crippen LogP contribution in [0.1, 0.15) is 23.4 Å². The summed E-state index contributed by atoms with van der Waals surface area (Å²) in [4.78, 5) is 1.40. The van der Waals surface area contributed by atoms with E-state index in [1.54, 1.807) is 11.3 Å². The number of rotatable bonds is 5. The summed E-state index contributed by atoms with van der Waals surface area (Å²) in [6, 6.07) is 10.9. The molecule has 1 unspecified atom stereocenters. The van der Waals surface area contributed by atoms with E-state index in [9.17, 15) is 0 Å². The highest BCUT2D eigenvalue weighted by atomic mass is 79.9. The molecule has 5 heteroatoms. The van der Waals surface area contributed by atoms with Gasteiger partial charge in [-0.25, -0.2) is 0 Å². The second-order valence-electron chi connectivity index (χ2n) is 4.30. The molecule has 1 aromatic heterocycles. The minimum absolute atomic E-state index is 0.339. The Bertz CT molecular complexity index is 553. The molecule has 1 aromatic carbocycles. The Labute approximate surface area is 143 Å². The van der Waals surface area contributed by atoms with E-state index in [0.717, 1.165) is 21.9 Å². The summed E-state index contributed by atoms with van der Waals surface area (Å²) in [5.74, 6) is 0. The quantitative estimate of drug-likeness (QED) is 0.574. The van der Waals surface area contributed by atoms with Gasteiger partial charge in [-0.3, -0.25) is 0 Å². The molecule has 0 bridgehead atoms. The lowest BCUT2D eigenvalue weighted by molar-refractivity contribution is 0.576. The third-order valence-electron chi connectivity index (χ3n) is 2.88. The highest BCUT2D eigenvalue weighted by Crippen LogP contribution is 2.27. The molecule has 0 aliphatic rings. The van der Waals surface area contributed by atoms with Crippen molar-refractivity contribution in [2.45, 2.75) is 19.4 Å². The van der Waals surface area contributed by atoms with Crippen LogP contribution in [0.15, 0.2) is 43.1 Å². The van der Waals surface area contributed by atoms with Gasteiger partial charge in [0.2, 0.25) is 0 Å². The highest BCUT2D eigenvalue weighted by molar-refractivity contribution is 9.11. The van der Waals surface area contributed by atoms with E-state index in [1.807, 2.05) is 0 Å². The van der Waals surface area contributed by atoms with Crippen LogP contribution < -0.4 is 5.32 Å². The molecule has 102 valence electrons. The third kappa shape index (κ3) is 4.67. The van der Waals surface area contributed by atoms with Gasteiger partial charge in [0.05, 0.1) is 3.79 Å². The average molecular weight is 468 g/mol. The largest absolute Gasteiger partial charge is 0.310 e. The monoisotopic (exact) mass is 465 g/mol. The first kappa shape index (κ1) is 15.7. The molecule has 1 nitrogen and oxygen atoms in total. The summed E-state index contributed by atoms with van der Waals surface area (Å²) in [7, 11) is 0. The first-order valence-corrected chi connectivity index (χ1v) is 9.18. The molecular weight excluding hydrogens is 454 g/mol. The molecule has 0 saturated carbocycles. The number of hydrogen-bond acceptors (Lipinski definition) is 2. The Balaban J connectivity index is 1.88. The van der Waals surface area contributed by atoms with Gasteiger partial charge in [-0.1, -0.05) is 37.9 Å². The third-order valence-corrected chi connectivity index (χ3v) is 5.74. The van der Waals surface area contributed by atoms with Gasteiger partial charge in [-0.15, -0.1) is 11.3 Å². The Hall–Kier alpha value is 0.320. The fourth-order valence-corrected chi connectivity index (χ4v) is 4.73. The second-order valence-corrected chi connectivity index (χ2v) is 8.62. The number of benzene rings is 1. The van der Waals surface area contributed by atoms with E-state index in [4.69, 9.17) is 0 Å². The van der Waals surface area contributed by atoms with Crippen molar-refractivity contribution in [2.24, 2.45) is 0 Å². The summed E-state index contributed by atoms with van der Waals surface area (Å²) in [5.41, 5.74) is 1.29. The summed E-state index contributed by atoms with van der Waals surface area (Å²) in [5, 5.41) is 3.56. The Kier molecular flexibility index (Phi) is 6.09. The summed E-state index contributed by atoms with van der Waals surface area (Å²) < 4.78 is 3.44. The van der Waals surface area contributed by atoms with Crippen molar-refractivity contribution in [3.63, 3.8) is 0 Å². The fourth-order valence-electron chi connectivity index (χ4n) is 1.86. The van der Waals surface area contributed by atoms with Crippen molar-refractivity contribution in [3.05, 3.63) is 53.5 Å². The molecule has 0 aliphatic heterocycles. The highest BCUT2D eigenvalue weighted by Gasteiger charge is 2.09. The van der Waals surface area contributed by atoms with Crippen LogP contribution in [0.3, 0.4) is 0 Å². The van der Waals surface area contributed by atoms with Crippen molar-refractivity contribution in [1.82, 2.24) is 5.32 Å². The van der Waals surface area contributed by atoms with Crippen LogP contribution in [0.4, 0.5) is 0 Å². The summed E-state index contributed by atoms with van der Waals surface area (Å²) in [6.07, 6.45) is 1.06. The lowest BCUT2D eigenvalue weighted by Crippen LogP contribution is -2.21. The lowest BCUT2D eigenvalue weighted by Gasteiger charge is -2.15. The van der Waals surface area contributed by atoms with Gasteiger partial charge in [0.1, 0.15) is 0 Å². The zero-order valence-corrected chi connectivity index (χ0v) is 16.0. The standard InChI is InChI=1S/C14H14Br3NS/c1-9(12-4-2-10(15)8-13(12)16)18-7-6-11-3-5-14(17)19-11/h2-5,8-9,18H,6-7H2,1H3. The molecule has 0 aliphatic carbocycles. The van der Waals surface area contributed by atoms with Crippen LogP contribution >= 0.6 is 59.1 Å². The predicted molar refractivity (Wildman–Crippen MR) is 94.0 cm³/mol. The fraction of sp³-hybridized carbons (Fsp3) is 0.286. The van der Waals surface area contributed by atoms with E-state index in [2.05, 4.69) is 90.4 Å². The molecule has 0 saturated heterocycles. The summed E-state index contributed by atoms with van der Waals surface area (Å²) >= 11 is 12.4. The number of nitrogens with one attached hydrogen (secondary N) is 1. The zero-order chi connectivity index (χ0) is 13.8. The molecule has 1 heterocycles. The first-order chi connectivity index (χ1) is 9.06. The maximum atomic E-state index is 3.61. The number of hydrogen-bond donors (Lipinski definition) is 1. The summed E-state index contributed by atoms with van der Waals surface area (Å²) in [6.45, 7) is 3.18. The predicted octanol–water partition coefficient (Wildman–Crippen LogP) is 5.93. The molecule has 0 radical (unpaired) electrons. The van der Waals surface area contributed by atoms with Crippen LogP contribution in [0.25, 0.3) is 0 Å². The Morgan fingerprint density at radius 1 is 1.16 bits per heavy atom. The van der Waals surface area contributed by atoms with Crippen molar-refractivity contribution in [3.8, 4) is 0 Å². The van der Waals surface area contributed by atoms with Crippen molar-refractivity contribution in [1.29, 1.82) is 0 Å². The van der Waals surface area contributed by atoms with E-state index in [1.165, 1.54) is 14.2 Å². The topological polar surface area (TPSA) is 12.0 Å². The molecular formula is C14H14Br3NS. The van der Waals surface area contributed by atoms with Gasteiger partial charge in [0, 0.05) is 26.4 Å². The minimum Gasteiger partial charge on any atom is -0.310 e.